The van der Waals surface area contributed by atoms with Crippen molar-refractivity contribution in [3.05, 3.63) is 78.6 Å². The van der Waals surface area contributed by atoms with Gasteiger partial charge in [0.15, 0.2) is 22.8 Å². The predicted molar refractivity (Wildman–Crippen MR) is 132 cm³/mol. The van der Waals surface area contributed by atoms with Crippen molar-refractivity contribution in [3.8, 4) is 28.5 Å². The average molecular weight is 474 g/mol. The van der Waals surface area contributed by atoms with E-state index in [4.69, 9.17) is 20.2 Å². The number of carbonyl (C=O) groups excluding carboxylic acids is 1. The number of nitrogens with one attached hydrogen (secondary N) is 1. The summed E-state index contributed by atoms with van der Waals surface area (Å²) in [4.78, 5) is 19.2. The number of aliphatic hydroxyl groups is 1. The number of imidazole rings is 1. The summed E-state index contributed by atoms with van der Waals surface area (Å²) >= 11 is 0. The van der Waals surface area contributed by atoms with Gasteiger partial charge in [-0.2, -0.15) is 0 Å². The van der Waals surface area contributed by atoms with Crippen molar-refractivity contribution >= 4 is 11.6 Å². The monoisotopic (exact) mass is 473 g/mol. The number of hydrogen-bond donors (Lipinski definition) is 3. The maximum atomic E-state index is 12.4. The van der Waals surface area contributed by atoms with Gasteiger partial charge in [-0.1, -0.05) is 18.7 Å². The van der Waals surface area contributed by atoms with E-state index in [0.717, 1.165) is 24.1 Å². The highest BCUT2D eigenvalue weighted by atomic mass is 16.5. The number of rotatable bonds is 8. The maximum Gasteiger partial charge on any atom is 0.269 e. The summed E-state index contributed by atoms with van der Waals surface area (Å²) in [6.45, 7) is 5.09. The number of aromatic amines is 1. The number of nitrogens with two attached hydrogens (primary N) is 1. The number of nitrogens with zero attached hydrogens (tertiary/aromatic N) is 3. The molecule has 4 aromatic rings. The van der Waals surface area contributed by atoms with Crippen molar-refractivity contribution in [2.45, 2.75) is 18.6 Å². The molecule has 2 aromatic heterocycles. The maximum absolute atomic E-state index is 12.4. The zero-order valence-corrected chi connectivity index (χ0v) is 19.3. The van der Waals surface area contributed by atoms with Crippen molar-refractivity contribution in [2.24, 2.45) is 5.73 Å². The second kappa shape index (κ2) is 9.28. The lowest BCUT2D eigenvalue weighted by Crippen LogP contribution is -2.31. The molecule has 2 unspecified atom stereocenters. The highest BCUT2D eigenvalue weighted by molar-refractivity contribution is 5.98. The van der Waals surface area contributed by atoms with Crippen LogP contribution in [0.3, 0.4) is 0 Å². The highest BCUT2D eigenvalue weighted by Gasteiger charge is 2.31. The Morgan fingerprint density at radius 3 is 2.69 bits per heavy atom. The molecule has 1 amide bonds. The predicted octanol–water partition coefficient (Wildman–Crippen LogP) is 3.52. The summed E-state index contributed by atoms with van der Waals surface area (Å²) < 4.78 is 12.9. The normalized spacial score (nSPS) is 16.9. The number of aliphatic hydroxyl groups excluding tert-OH is 1. The van der Waals surface area contributed by atoms with E-state index in [1.165, 1.54) is 6.08 Å². The molecule has 0 radical (unpaired) electrons. The topological polar surface area (TPSA) is 118 Å². The Balaban J connectivity index is 1.46. The van der Waals surface area contributed by atoms with Crippen LogP contribution in [0.5, 0.6) is 17.2 Å². The molecule has 9 nitrogen and oxygen atoms in total. The van der Waals surface area contributed by atoms with Gasteiger partial charge in [-0.3, -0.25) is 14.8 Å². The number of primary amides is 1. The summed E-state index contributed by atoms with van der Waals surface area (Å²) in [5, 5.41) is 13.2. The Morgan fingerprint density at radius 2 is 2.00 bits per heavy atom. The standard InChI is InChI=1S/C26H27N5O4/c1-3-22(32)30-13-12-17(15-30)19-14-28-31-24(25(27)33)23(29-26(19)31)16-8-10-18(11-9-16)35-21-7-5-4-6-20(21)34-2/h3-11,14,17,22,28,32H,1,12-13,15H2,2H3,(H2,27,33). The Bertz CT molecular complexity index is 1370. The first kappa shape index (κ1) is 22.7. The van der Waals surface area contributed by atoms with E-state index in [1.54, 1.807) is 11.6 Å². The van der Waals surface area contributed by atoms with Crippen molar-refractivity contribution in [3.63, 3.8) is 0 Å². The van der Waals surface area contributed by atoms with Gasteiger partial charge in [0.1, 0.15) is 17.7 Å². The van der Waals surface area contributed by atoms with E-state index >= 15 is 0 Å². The first-order valence-corrected chi connectivity index (χ1v) is 11.4. The third kappa shape index (κ3) is 4.16. The number of methoxy groups -OCH3 is 1. The van der Waals surface area contributed by atoms with Crippen LogP contribution in [0.2, 0.25) is 0 Å². The first-order chi connectivity index (χ1) is 17.0. The van der Waals surface area contributed by atoms with Crippen LogP contribution in [-0.2, 0) is 0 Å². The van der Waals surface area contributed by atoms with Gasteiger partial charge in [0.25, 0.3) is 5.91 Å². The molecule has 1 aliphatic rings. The van der Waals surface area contributed by atoms with E-state index in [9.17, 15) is 9.90 Å². The Hall–Kier alpha value is -4.08. The molecule has 2 aromatic carbocycles. The number of aromatic nitrogens is 3. The van der Waals surface area contributed by atoms with Crippen LogP contribution in [0.4, 0.5) is 0 Å². The molecule has 4 N–H and O–H groups in total. The lowest BCUT2D eigenvalue weighted by Gasteiger charge is -2.19. The minimum Gasteiger partial charge on any atom is -0.493 e. The molecular weight excluding hydrogens is 446 g/mol. The van der Waals surface area contributed by atoms with Crippen molar-refractivity contribution in [1.82, 2.24) is 19.5 Å². The average Bonchev–Trinajstić information content (AvgIpc) is 3.59. The number of likely N-dealkylation sites (tertiary alicyclic amines) is 1. The summed E-state index contributed by atoms with van der Waals surface area (Å²) in [5.74, 6) is 1.44. The van der Waals surface area contributed by atoms with E-state index in [0.29, 0.717) is 35.1 Å². The third-order valence-corrected chi connectivity index (χ3v) is 6.39. The number of fused-ring (bicyclic) bond motifs is 1. The molecule has 0 spiro atoms. The van der Waals surface area contributed by atoms with E-state index in [-0.39, 0.29) is 11.6 Å². The Labute approximate surface area is 202 Å². The van der Waals surface area contributed by atoms with Gasteiger partial charge in [0.05, 0.1) is 7.11 Å². The van der Waals surface area contributed by atoms with Crippen molar-refractivity contribution in [1.29, 1.82) is 0 Å². The fourth-order valence-electron chi connectivity index (χ4n) is 4.61. The van der Waals surface area contributed by atoms with Gasteiger partial charge in [-0.15, -0.1) is 0 Å². The van der Waals surface area contributed by atoms with Crippen molar-refractivity contribution in [2.75, 3.05) is 20.2 Å². The summed E-state index contributed by atoms with van der Waals surface area (Å²) in [6.07, 6.45) is 3.57. The van der Waals surface area contributed by atoms with Crippen LogP contribution in [0, 0.1) is 0 Å². The fourth-order valence-corrected chi connectivity index (χ4v) is 4.61. The third-order valence-electron chi connectivity index (χ3n) is 6.39. The van der Waals surface area contributed by atoms with Gasteiger partial charge in [0, 0.05) is 36.3 Å². The summed E-state index contributed by atoms with van der Waals surface area (Å²) in [5.41, 5.74) is 8.91. The summed E-state index contributed by atoms with van der Waals surface area (Å²) in [6, 6.07) is 14.7. The van der Waals surface area contributed by atoms with Crippen LogP contribution in [0.15, 0.2) is 67.4 Å². The van der Waals surface area contributed by atoms with Crippen LogP contribution < -0.4 is 15.2 Å². The minimum atomic E-state index is -0.678. The highest BCUT2D eigenvalue weighted by Crippen LogP contribution is 2.35. The SMILES string of the molecule is C=CC(O)N1CCC(c2c[nH]n3c(C(N)=O)c(-c4ccc(Oc5ccccc5OC)cc4)nc23)C1. The number of benzene rings is 2. The molecule has 9 heteroatoms. The minimum absolute atomic E-state index is 0.158. The number of hydrogen-bond acceptors (Lipinski definition) is 6. The molecule has 180 valence electrons. The molecule has 0 bridgehead atoms. The van der Waals surface area contributed by atoms with E-state index < -0.39 is 12.1 Å². The smallest absolute Gasteiger partial charge is 0.269 e. The molecule has 0 aliphatic carbocycles. The number of carbonyl (C=O) groups is 1. The van der Waals surface area contributed by atoms with E-state index in [1.807, 2.05) is 59.6 Å². The van der Waals surface area contributed by atoms with Gasteiger partial charge >= 0.3 is 0 Å². The molecule has 1 saturated heterocycles. The van der Waals surface area contributed by atoms with E-state index in [2.05, 4.69) is 11.7 Å². The number of amides is 1. The zero-order valence-electron chi connectivity index (χ0n) is 19.3. The molecule has 2 atom stereocenters. The van der Waals surface area contributed by atoms with Crippen LogP contribution in [0.1, 0.15) is 28.4 Å². The quantitative estimate of drug-likeness (QED) is 0.337. The lowest BCUT2D eigenvalue weighted by molar-refractivity contribution is 0.0605. The largest absolute Gasteiger partial charge is 0.493 e. The molecule has 1 aliphatic heterocycles. The number of ether oxygens (including phenoxy) is 2. The molecule has 0 saturated carbocycles. The van der Waals surface area contributed by atoms with Crippen LogP contribution >= 0.6 is 0 Å². The number of para-hydroxylation sites is 2. The van der Waals surface area contributed by atoms with Crippen LogP contribution in [-0.4, -0.2) is 56.9 Å². The Kier molecular flexibility index (Phi) is 6.02. The Morgan fingerprint density at radius 1 is 1.26 bits per heavy atom. The molecule has 1 fully saturated rings. The van der Waals surface area contributed by atoms with Crippen LogP contribution in [0.25, 0.3) is 16.9 Å². The van der Waals surface area contributed by atoms with Crippen molar-refractivity contribution < 1.29 is 19.4 Å². The molecule has 3 heterocycles. The molecular formula is C26H27N5O4. The summed E-state index contributed by atoms with van der Waals surface area (Å²) in [7, 11) is 1.59. The van der Waals surface area contributed by atoms with Gasteiger partial charge in [-0.25, -0.2) is 9.50 Å². The van der Waals surface area contributed by atoms with Gasteiger partial charge in [-0.05, 0) is 48.9 Å². The second-order valence-electron chi connectivity index (χ2n) is 8.47. The zero-order chi connectivity index (χ0) is 24.5. The second-order valence-corrected chi connectivity index (χ2v) is 8.47. The first-order valence-electron chi connectivity index (χ1n) is 11.4. The molecule has 35 heavy (non-hydrogen) atoms. The van der Waals surface area contributed by atoms with Gasteiger partial charge < -0.3 is 20.3 Å². The fraction of sp³-hybridized carbons (Fsp3) is 0.231. The number of H-pyrrole nitrogens is 1. The lowest BCUT2D eigenvalue weighted by atomic mass is 10.0. The van der Waals surface area contributed by atoms with Gasteiger partial charge in [0.2, 0.25) is 0 Å². The molecule has 5 rings (SSSR count).